The Bertz CT molecular complexity index is 407. The molecule has 0 aliphatic carbocycles. The Hall–Kier alpha value is 0.112. The summed E-state index contributed by atoms with van der Waals surface area (Å²) in [5, 5.41) is 9.54. The average Bonchev–Trinajstić information content (AvgIpc) is 2.99. The molecule has 1 N–H and O–H groups in total. The van der Waals surface area contributed by atoms with Crippen LogP contribution in [-0.4, -0.2) is 29.5 Å². The maximum atomic E-state index is 9.54. The Balaban J connectivity index is 0.00000133. The van der Waals surface area contributed by atoms with Crippen molar-refractivity contribution in [1.82, 2.24) is 0 Å². The fourth-order valence-corrected chi connectivity index (χ4v) is 2.54. The Labute approximate surface area is 136 Å². The molecule has 2 saturated heterocycles. The second kappa shape index (κ2) is 6.26. The van der Waals surface area contributed by atoms with Gasteiger partial charge in [0, 0.05) is 36.7 Å². The molecule has 19 heavy (non-hydrogen) atoms. The van der Waals surface area contributed by atoms with Crippen LogP contribution in [0.3, 0.4) is 0 Å². The van der Waals surface area contributed by atoms with Gasteiger partial charge in [0.25, 0.3) is 0 Å². The number of hydrogen-bond donors (Lipinski definition) is 1. The van der Waals surface area contributed by atoms with Crippen molar-refractivity contribution in [2.45, 2.75) is 37.4 Å². The van der Waals surface area contributed by atoms with Gasteiger partial charge < -0.3 is 19.3 Å². The molecule has 3 unspecified atom stereocenters. The molecular formula is C14H17O4U-. The van der Waals surface area contributed by atoms with Crippen LogP contribution in [-0.2, 0) is 14.2 Å². The van der Waals surface area contributed by atoms with Crippen molar-refractivity contribution in [2.75, 3.05) is 6.61 Å². The van der Waals surface area contributed by atoms with E-state index in [2.05, 4.69) is 0 Å². The van der Waals surface area contributed by atoms with E-state index in [9.17, 15) is 5.11 Å². The Morgan fingerprint density at radius 3 is 2.63 bits per heavy atom. The van der Waals surface area contributed by atoms with E-state index in [1.165, 1.54) is 0 Å². The van der Waals surface area contributed by atoms with Crippen molar-refractivity contribution in [2.24, 2.45) is 0 Å². The molecule has 2 aliphatic heterocycles. The summed E-state index contributed by atoms with van der Waals surface area (Å²) < 4.78 is 17.3. The summed E-state index contributed by atoms with van der Waals surface area (Å²) >= 11 is 0. The maximum Gasteiger partial charge on any atom is 0.182 e. The molecule has 0 radical (unpaired) electrons. The molecule has 4 atom stereocenters. The molecular weight excluding hydrogens is 470 g/mol. The molecule has 102 valence electrons. The summed E-state index contributed by atoms with van der Waals surface area (Å²) in [6.45, 7) is 3.56. The average molecular weight is 487 g/mol. The predicted molar refractivity (Wildman–Crippen MR) is 64.4 cm³/mol. The molecule has 2 fully saturated rings. The van der Waals surface area contributed by atoms with Gasteiger partial charge in [-0.25, -0.2) is 0 Å². The molecule has 2 aliphatic rings. The maximum absolute atomic E-state index is 9.54. The third-order valence-corrected chi connectivity index (χ3v) is 3.74. The van der Waals surface area contributed by atoms with E-state index >= 15 is 0 Å². The number of aliphatic hydroxyl groups excluding tert-OH is 1. The topological polar surface area (TPSA) is 47.9 Å². The van der Waals surface area contributed by atoms with Crippen LogP contribution in [0.25, 0.3) is 0 Å². The van der Waals surface area contributed by atoms with Crippen molar-refractivity contribution in [3.8, 4) is 0 Å². The largest absolute Gasteiger partial charge is 0.541 e. The third kappa shape index (κ3) is 2.65. The fourth-order valence-electron chi connectivity index (χ4n) is 2.54. The molecule has 0 aromatic heterocycles. The zero-order chi connectivity index (χ0) is 12.6. The molecule has 1 aromatic carbocycles. The van der Waals surface area contributed by atoms with Crippen molar-refractivity contribution >= 4 is 0 Å². The molecule has 4 nitrogen and oxygen atoms in total. The summed E-state index contributed by atoms with van der Waals surface area (Å²) in [5.41, 5.74) is 0.331. The minimum Gasteiger partial charge on any atom is -0.541 e. The third-order valence-electron chi connectivity index (χ3n) is 3.74. The van der Waals surface area contributed by atoms with Crippen LogP contribution in [0.2, 0.25) is 0 Å². The first-order valence-electron chi connectivity index (χ1n) is 6.27. The normalized spacial score (nSPS) is 36.8. The quantitative estimate of drug-likeness (QED) is 0.662. The van der Waals surface area contributed by atoms with Gasteiger partial charge in [-0.05, 0) is 12.5 Å². The first-order chi connectivity index (χ1) is 8.79. The number of benzene rings is 1. The second-order valence-corrected chi connectivity index (χ2v) is 4.73. The SMILES string of the molecule is CC[C@]1(CO)O[CH-]C2OC(c3ccccc3)OC21.[U]. The van der Waals surface area contributed by atoms with Gasteiger partial charge in [0.1, 0.15) is 0 Å². The van der Waals surface area contributed by atoms with Crippen LogP contribution >= 0.6 is 0 Å². The molecule has 0 amide bonds. The zero-order valence-electron chi connectivity index (χ0n) is 10.8. The molecule has 5 heteroatoms. The van der Waals surface area contributed by atoms with E-state index in [1.54, 1.807) is 6.61 Å². The number of hydrogen-bond acceptors (Lipinski definition) is 4. The standard InChI is InChI=1S/C14H17O4.U/c1-2-14(9-15)12-11(8-16-14)17-13(18-12)10-6-4-3-5-7-10;/h3-8,11-13,15H,2,9H2,1H3;/q-1;/t11?,12?,13?,14-;/m1./s1. The molecule has 0 saturated carbocycles. The smallest absolute Gasteiger partial charge is 0.182 e. The van der Waals surface area contributed by atoms with E-state index in [0.717, 1.165) is 5.56 Å². The van der Waals surface area contributed by atoms with Gasteiger partial charge >= 0.3 is 0 Å². The number of rotatable bonds is 3. The Morgan fingerprint density at radius 1 is 1.26 bits per heavy atom. The summed E-state index contributed by atoms with van der Waals surface area (Å²) in [4.78, 5) is 0. The number of ether oxygens (including phenoxy) is 3. The molecule has 0 bridgehead atoms. The van der Waals surface area contributed by atoms with Crippen LogP contribution in [0.15, 0.2) is 30.3 Å². The van der Waals surface area contributed by atoms with Crippen molar-refractivity contribution in [1.29, 1.82) is 0 Å². The monoisotopic (exact) mass is 487 g/mol. The van der Waals surface area contributed by atoms with Crippen LogP contribution in [0.5, 0.6) is 0 Å². The Kier molecular flexibility index (Phi) is 5.10. The molecule has 1 aromatic rings. The van der Waals surface area contributed by atoms with Gasteiger partial charge in [0.15, 0.2) is 6.29 Å². The van der Waals surface area contributed by atoms with Crippen LogP contribution in [0.1, 0.15) is 25.2 Å². The van der Waals surface area contributed by atoms with Crippen LogP contribution in [0, 0.1) is 37.7 Å². The van der Waals surface area contributed by atoms with E-state index in [0.29, 0.717) is 6.42 Å². The summed E-state index contributed by atoms with van der Waals surface area (Å²) in [5.74, 6) is 0. The molecule has 3 rings (SSSR count). The fraction of sp³-hybridized carbons (Fsp3) is 0.500. The van der Waals surface area contributed by atoms with Crippen molar-refractivity contribution < 1.29 is 50.4 Å². The summed E-state index contributed by atoms with van der Waals surface area (Å²) in [6, 6.07) is 9.81. The predicted octanol–water partition coefficient (Wildman–Crippen LogP) is 1.80. The van der Waals surface area contributed by atoms with Gasteiger partial charge in [0.2, 0.25) is 0 Å². The van der Waals surface area contributed by atoms with Gasteiger partial charge in [-0.3, -0.25) is 0 Å². The van der Waals surface area contributed by atoms with Gasteiger partial charge in [0.05, 0.1) is 18.3 Å². The minimum absolute atomic E-state index is 0. The summed E-state index contributed by atoms with van der Waals surface area (Å²) in [7, 11) is 0. The van der Waals surface area contributed by atoms with Gasteiger partial charge in [-0.15, -0.1) is 0 Å². The zero-order valence-corrected chi connectivity index (χ0v) is 14.9. The first-order valence-corrected chi connectivity index (χ1v) is 6.27. The number of aliphatic hydroxyl groups is 1. The van der Waals surface area contributed by atoms with E-state index < -0.39 is 5.60 Å². The van der Waals surface area contributed by atoms with E-state index in [1.807, 2.05) is 37.3 Å². The van der Waals surface area contributed by atoms with Crippen LogP contribution < -0.4 is 0 Å². The van der Waals surface area contributed by atoms with Gasteiger partial charge in [-0.1, -0.05) is 37.3 Å². The molecule has 2 heterocycles. The van der Waals surface area contributed by atoms with Gasteiger partial charge in [-0.2, -0.15) is 6.61 Å². The second-order valence-electron chi connectivity index (χ2n) is 4.73. The van der Waals surface area contributed by atoms with Crippen LogP contribution in [0.4, 0.5) is 0 Å². The van der Waals surface area contributed by atoms with Crippen molar-refractivity contribution in [3.05, 3.63) is 42.5 Å². The van der Waals surface area contributed by atoms with E-state index in [-0.39, 0.29) is 56.2 Å². The number of fused-ring (bicyclic) bond motifs is 1. The Morgan fingerprint density at radius 2 is 2.00 bits per heavy atom. The minimum atomic E-state index is -0.659. The summed E-state index contributed by atoms with van der Waals surface area (Å²) in [6.07, 6.45) is -0.134. The molecule has 0 spiro atoms. The first kappa shape index (κ1) is 15.5. The van der Waals surface area contributed by atoms with E-state index in [4.69, 9.17) is 14.2 Å². The van der Waals surface area contributed by atoms with Crippen molar-refractivity contribution in [3.63, 3.8) is 0 Å².